The lowest BCUT2D eigenvalue weighted by Crippen LogP contribution is -2.38. The summed E-state index contributed by atoms with van der Waals surface area (Å²) >= 11 is 1.68. The molecule has 30 heavy (non-hydrogen) atoms. The van der Waals surface area contributed by atoms with Crippen LogP contribution in [0.3, 0.4) is 0 Å². The number of nitrogens with two attached hydrogens (primary N) is 1. The lowest BCUT2D eigenvalue weighted by Gasteiger charge is -2.41. The molecule has 3 aromatic rings. The van der Waals surface area contributed by atoms with Crippen LogP contribution in [0.5, 0.6) is 0 Å². The number of rotatable bonds is 6. The first-order chi connectivity index (χ1) is 14.5. The molecule has 158 valence electrons. The highest BCUT2D eigenvalue weighted by molar-refractivity contribution is 7.99. The molecule has 0 radical (unpaired) electrons. The summed E-state index contributed by atoms with van der Waals surface area (Å²) in [6, 6.07) is 15.6. The van der Waals surface area contributed by atoms with E-state index in [1.54, 1.807) is 18.0 Å². The number of aliphatic hydroxyl groups excluding tert-OH is 1. The first-order valence-electron chi connectivity index (χ1n) is 10.0. The van der Waals surface area contributed by atoms with Crippen LogP contribution in [-0.2, 0) is 23.1 Å². The van der Waals surface area contributed by atoms with Gasteiger partial charge in [0, 0.05) is 42.4 Å². The molecule has 2 heterocycles. The van der Waals surface area contributed by atoms with Crippen LogP contribution >= 0.6 is 11.8 Å². The van der Waals surface area contributed by atoms with Crippen LogP contribution in [-0.4, -0.2) is 26.5 Å². The van der Waals surface area contributed by atoms with Crippen molar-refractivity contribution in [1.82, 2.24) is 9.55 Å². The minimum absolute atomic E-state index is 0.0271. The van der Waals surface area contributed by atoms with E-state index in [1.165, 1.54) is 0 Å². The van der Waals surface area contributed by atoms with E-state index in [0.29, 0.717) is 5.69 Å². The number of nitrogen functional groups attached to an aromatic ring is 1. The topological polar surface area (TPSA) is 82.5 Å². The van der Waals surface area contributed by atoms with Crippen molar-refractivity contribution in [2.75, 3.05) is 11.5 Å². The smallest absolute Gasteiger partial charge is 0.185 e. The summed E-state index contributed by atoms with van der Waals surface area (Å²) in [6.07, 6.45) is 3.08. The van der Waals surface area contributed by atoms with Crippen molar-refractivity contribution in [2.45, 2.75) is 37.2 Å². The minimum atomic E-state index is -0.501. The van der Waals surface area contributed by atoms with Crippen molar-refractivity contribution in [1.29, 1.82) is 0 Å². The fourth-order valence-electron chi connectivity index (χ4n) is 3.66. The van der Waals surface area contributed by atoms with Crippen LogP contribution in [0.1, 0.15) is 36.0 Å². The van der Waals surface area contributed by atoms with Crippen molar-refractivity contribution in [3.63, 3.8) is 0 Å². The Hall–Kier alpha value is -2.32. The first-order valence-corrected chi connectivity index (χ1v) is 11.0. The minimum Gasteiger partial charge on any atom is -0.399 e. The molecule has 1 saturated heterocycles. The highest BCUT2D eigenvalue weighted by Gasteiger charge is 2.38. The number of benzene rings is 2. The third kappa shape index (κ3) is 4.54. The molecule has 2 aromatic carbocycles. The second-order valence-electron chi connectivity index (χ2n) is 7.62. The average Bonchev–Trinajstić information content (AvgIpc) is 3.18. The number of nitrogens with zero attached hydrogens (tertiary/aromatic N) is 2. The van der Waals surface area contributed by atoms with E-state index in [0.717, 1.165) is 27.6 Å². The Kier molecular flexibility index (Phi) is 6.43. The predicted molar refractivity (Wildman–Crippen MR) is 118 cm³/mol. The quantitative estimate of drug-likeness (QED) is 0.457. The Labute approximate surface area is 181 Å². The summed E-state index contributed by atoms with van der Waals surface area (Å²) in [5, 5.41) is 10.3. The Morgan fingerprint density at radius 1 is 1.13 bits per heavy atom. The molecule has 0 bridgehead atoms. The molecule has 0 aliphatic carbocycles. The van der Waals surface area contributed by atoms with E-state index in [2.05, 4.69) is 11.9 Å². The maximum Gasteiger partial charge on any atom is 0.185 e. The van der Waals surface area contributed by atoms with Crippen LogP contribution in [0.2, 0.25) is 0 Å². The summed E-state index contributed by atoms with van der Waals surface area (Å²) in [4.78, 5) is 4.41. The third-order valence-electron chi connectivity index (χ3n) is 5.46. The van der Waals surface area contributed by atoms with Gasteiger partial charge >= 0.3 is 0 Å². The van der Waals surface area contributed by atoms with E-state index in [1.807, 2.05) is 66.3 Å². The number of aromatic nitrogens is 2. The number of aliphatic hydroxyl groups is 1. The molecule has 1 aliphatic heterocycles. The third-order valence-corrected chi connectivity index (χ3v) is 6.61. The first kappa shape index (κ1) is 20.9. The van der Waals surface area contributed by atoms with Crippen molar-refractivity contribution < 1.29 is 14.6 Å². The van der Waals surface area contributed by atoms with Crippen LogP contribution in [0.15, 0.2) is 66.1 Å². The molecule has 4 rings (SSSR count). The van der Waals surface area contributed by atoms with Crippen molar-refractivity contribution in [2.24, 2.45) is 13.0 Å². The molecule has 1 aliphatic rings. The number of hydrogen-bond donors (Lipinski definition) is 2. The Balaban J connectivity index is 1.60. The van der Waals surface area contributed by atoms with Gasteiger partial charge in [-0.15, -0.1) is 0 Å². The van der Waals surface area contributed by atoms with Crippen LogP contribution in [0, 0.1) is 5.92 Å². The van der Waals surface area contributed by atoms with Crippen LogP contribution < -0.4 is 5.73 Å². The number of imidazole rings is 1. The van der Waals surface area contributed by atoms with Gasteiger partial charge in [0.05, 0.1) is 18.8 Å². The Morgan fingerprint density at radius 2 is 1.93 bits per heavy atom. The largest absolute Gasteiger partial charge is 0.399 e. The van der Waals surface area contributed by atoms with Crippen LogP contribution in [0.25, 0.3) is 0 Å². The zero-order chi connectivity index (χ0) is 21.1. The molecule has 4 atom stereocenters. The van der Waals surface area contributed by atoms with Gasteiger partial charge in [0.2, 0.25) is 0 Å². The van der Waals surface area contributed by atoms with Crippen molar-refractivity contribution in [3.8, 4) is 0 Å². The second kappa shape index (κ2) is 9.22. The van der Waals surface area contributed by atoms with Gasteiger partial charge in [0.25, 0.3) is 0 Å². The Morgan fingerprint density at radius 3 is 2.60 bits per heavy atom. The van der Waals surface area contributed by atoms with Gasteiger partial charge in [-0.05, 0) is 23.3 Å². The standard InChI is InChI=1S/C23H27N3O3S/c1-15-20(14-30-23-25-10-11-26(23)2)28-22(18-4-3-5-19(24)12-18)29-21(15)17-8-6-16(13-27)7-9-17/h3-12,15,20-22,27H,13-14,24H2,1-2H3/t15-,20+,21+,22+/m1/s1. The summed E-state index contributed by atoms with van der Waals surface area (Å²) in [7, 11) is 1.99. The number of thioether (sulfide) groups is 1. The fraction of sp³-hybridized carbons (Fsp3) is 0.348. The number of ether oxygens (including phenoxy) is 2. The van der Waals surface area contributed by atoms with E-state index in [4.69, 9.17) is 15.2 Å². The van der Waals surface area contributed by atoms with Gasteiger partial charge in [-0.3, -0.25) is 0 Å². The zero-order valence-corrected chi connectivity index (χ0v) is 18.0. The molecular weight excluding hydrogens is 398 g/mol. The summed E-state index contributed by atoms with van der Waals surface area (Å²) in [5.41, 5.74) is 9.54. The molecule has 0 spiro atoms. The molecular formula is C23H27N3O3S. The van der Waals surface area contributed by atoms with E-state index >= 15 is 0 Å². The molecule has 3 N–H and O–H groups in total. The number of anilines is 1. The zero-order valence-electron chi connectivity index (χ0n) is 17.1. The number of aryl methyl sites for hydroxylation is 1. The molecule has 1 aromatic heterocycles. The van der Waals surface area contributed by atoms with Crippen molar-refractivity contribution in [3.05, 3.63) is 77.6 Å². The van der Waals surface area contributed by atoms with Gasteiger partial charge in [0.1, 0.15) is 0 Å². The molecule has 0 saturated carbocycles. The second-order valence-corrected chi connectivity index (χ2v) is 8.61. The SMILES string of the molecule is C[C@@H]1[C@H](CSc2nccn2C)O[C@H](c2cccc(N)c2)O[C@@H]1c1ccc(CO)cc1. The van der Waals surface area contributed by atoms with Gasteiger partial charge in [-0.1, -0.05) is 55.1 Å². The molecule has 0 unspecified atom stereocenters. The maximum atomic E-state index is 9.36. The lowest BCUT2D eigenvalue weighted by molar-refractivity contribution is -0.268. The fourth-order valence-corrected chi connectivity index (χ4v) is 4.76. The maximum absolute atomic E-state index is 9.36. The van der Waals surface area contributed by atoms with Crippen molar-refractivity contribution >= 4 is 17.4 Å². The van der Waals surface area contributed by atoms with E-state index in [-0.39, 0.29) is 24.7 Å². The lowest BCUT2D eigenvalue weighted by atomic mass is 9.91. The highest BCUT2D eigenvalue weighted by Crippen LogP contribution is 2.43. The van der Waals surface area contributed by atoms with Gasteiger partial charge in [0.15, 0.2) is 11.4 Å². The average molecular weight is 426 g/mol. The molecule has 0 amide bonds. The van der Waals surface area contributed by atoms with E-state index in [9.17, 15) is 5.11 Å². The molecule has 7 heteroatoms. The van der Waals surface area contributed by atoms with Gasteiger partial charge in [-0.25, -0.2) is 4.98 Å². The summed E-state index contributed by atoms with van der Waals surface area (Å²) in [5.74, 6) is 0.898. The molecule has 6 nitrogen and oxygen atoms in total. The van der Waals surface area contributed by atoms with Crippen LogP contribution in [0.4, 0.5) is 5.69 Å². The monoisotopic (exact) mass is 425 g/mol. The Bertz CT molecular complexity index is 976. The summed E-state index contributed by atoms with van der Waals surface area (Å²) < 4.78 is 14.8. The molecule has 1 fully saturated rings. The van der Waals surface area contributed by atoms with Gasteiger partial charge < -0.3 is 24.9 Å². The highest BCUT2D eigenvalue weighted by atomic mass is 32.2. The van der Waals surface area contributed by atoms with Gasteiger partial charge in [-0.2, -0.15) is 0 Å². The number of hydrogen-bond acceptors (Lipinski definition) is 6. The predicted octanol–water partition coefficient (Wildman–Crippen LogP) is 4.08. The summed E-state index contributed by atoms with van der Waals surface area (Å²) in [6.45, 7) is 2.18. The normalized spacial score (nSPS) is 24.1. The van der Waals surface area contributed by atoms with E-state index < -0.39 is 6.29 Å².